The number of hydrogen-bond donors (Lipinski definition) is 2. The van der Waals surface area contributed by atoms with Crippen LogP contribution in [0.3, 0.4) is 0 Å². The molecule has 0 saturated heterocycles. The monoisotopic (exact) mass is 253 g/mol. The lowest BCUT2D eigenvalue weighted by molar-refractivity contribution is -0.146. The minimum absolute atomic E-state index is 0.191. The molecule has 2 atom stereocenters. The van der Waals surface area contributed by atoms with Crippen molar-refractivity contribution in [2.24, 2.45) is 11.8 Å². The van der Waals surface area contributed by atoms with Crippen LogP contribution in [-0.2, 0) is 16.0 Å². The van der Waals surface area contributed by atoms with E-state index in [0.29, 0.717) is 31.6 Å². The van der Waals surface area contributed by atoms with Crippen molar-refractivity contribution in [3.8, 4) is 0 Å². The Morgan fingerprint density at radius 1 is 1.44 bits per heavy atom. The Hall–Kier alpha value is -1.92. The molecule has 98 valence electrons. The number of rotatable bonds is 5. The summed E-state index contributed by atoms with van der Waals surface area (Å²) in [5.41, 5.74) is 0. The van der Waals surface area contributed by atoms with Gasteiger partial charge in [0.1, 0.15) is 0 Å². The second-order valence-electron chi connectivity index (χ2n) is 4.37. The standard InChI is InChI=1S/C11H15N3O4/c15-10(7-2-1-3-8(7)11(16)17)12-5-4-9-13-6-18-14-9/h6-8H,1-5H2,(H,12,15)(H,16,17). The van der Waals surface area contributed by atoms with Crippen molar-refractivity contribution in [3.63, 3.8) is 0 Å². The van der Waals surface area contributed by atoms with Crippen LogP contribution in [0.4, 0.5) is 0 Å². The number of aromatic nitrogens is 2. The zero-order valence-electron chi connectivity index (χ0n) is 9.83. The van der Waals surface area contributed by atoms with Crippen molar-refractivity contribution < 1.29 is 19.2 Å². The van der Waals surface area contributed by atoms with E-state index in [4.69, 9.17) is 5.11 Å². The smallest absolute Gasteiger partial charge is 0.307 e. The molecule has 0 aliphatic heterocycles. The van der Waals surface area contributed by atoms with E-state index in [0.717, 1.165) is 6.42 Å². The SMILES string of the molecule is O=C(O)C1CCCC1C(=O)NCCc1ncon1. The van der Waals surface area contributed by atoms with Crippen molar-refractivity contribution >= 4 is 11.9 Å². The van der Waals surface area contributed by atoms with E-state index in [9.17, 15) is 9.59 Å². The van der Waals surface area contributed by atoms with Gasteiger partial charge in [-0.25, -0.2) is 0 Å². The van der Waals surface area contributed by atoms with Gasteiger partial charge in [-0.05, 0) is 12.8 Å². The number of amides is 1. The van der Waals surface area contributed by atoms with Gasteiger partial charge in [-0.1, -0.05) is 11.6 Å². The molecule has 1 aliphatic carbocycles. The largest absolute Gasteiger partial charge is 0.481 e. The van der Waals surface area contributed by atoms with Crippen LogP contribution in [-0.4, -0.2) is 33.7 Å². The van der Waals surface area contributed by atoms with Crippen molar-refractivity contribution in [1.29, 1.82) is 0 Å². The number of carboxylic acid groups (broad SMARTS) is 1. The Bertz CT molecular complexity index is 418. The van der Waals surface area contributed by atoms with Crippen LogP contribution in [0.1, 0.15) is 25.1 Å². The topological polar surface area (TPSA) is 105 Å². The summed E-state index contributed by atoms with van der Waals surface area (Å²) >= 11 is 0. The highest BCUT2D eigenvalue weighted by atomic mass is 16.5. The van der Waals surface area contributed by atoms with Crippen LogP contribution in [0.5, 0.6) is 0 Å². The van der Waals surface area contributed by atoms with E-state index < -0.39 is 17.8 Å². The summed E-state index contributed by atoms with van der Waals surface area (Å²) in [5, 5.41) is 15.3. The third-order valence-electron chi connectivity index (χ3n) is 3.22. The number of nitrogens with zero attached hydrogens (tertiary/aromatic N) is 2. The van der Waals surface area contributed by atoms with Gasteiger partial charge < -0.3 is 14.9 Å². The highest BCUT2D eigenvalue weighted by Gasteiger charge is 2.37. The summed E-state index contributed by atoms with van der Waals surface area (Å²) in [6.07, 6.45) is 3.73. The number of aliphatic carboxylic acids is 1. The maximum absolute atomic E-state index is 11.8. The Kier molecular flexibility index (Phi) is 3.91. The summed E-state index contributed by atoms with van der Waals surface area (Å²) in [7, 11) is 0. The molecule has 0 aromatic carbocycles. The molecule has 1 aromatic rings. The number of nitrogens with one attached hydrogen (secondary N) is 1. The number of carbonyl (C=O) groups excluding carboxylic acids is 1. The van der Waals surface area contributed by atoms with Crippen LogP contribution in [0.15, 0.2) is 10.9 Å². The van der Waals surface area contributed by atoms with Gasteiger partial charge in [0.25, 0.3) is 0 Å². The van der Waals surface area contributed by atoms with E-state index in [2.05, 4.69) is 20.0 Å². The molecule has 1 fully saturated rings. The normalized spacial score (nSPS) is 22.9. The molecule has 0 bridgehead atoms. The van der Waals surface area contributed by atoms with E-state index in [1.54, 1.807) is 0 Å². The molecule has 2 unspecified atom stereocenters. The van der Waals surface area contributed by atoms with Gasteiger partial charge in [0.15, 0.2) is 5.82 Å². The molecule has 1 aliphatic rings. The van der Waals surface area contributed by atoms with Crippen molar-refractivity contribution in [2.45, 2.75) is 25.7 Å². The van der Waals surface area contributed by atoms with E-state index in [-0.39, 0.29) is 5.91 Å². The second-order valence-corrected chi connectivity index (χ2v) is 4.37. The van der Waals surface area contributed by atoms with Crippen LogP contribution < -0.4 is 5.32 Å². The molecule has 0 radical (unpaired) electrons. The number of hydrogen-bond acceptors (Lipinski definition) is 5. The van der Waals surface area contributed by atoms with Gasteiger partial charge in [-0.2, -0.15) is 4.98 Å². The molecule has 1 saturated carbocycles. The Morgan fingerprint density at radius 3 is 2.89 bits per heavy atom. The van der Waals surface area contributed by atoms with Gasteiger partial charge >= 0.3 is 5.97 Å². The molecular formula is C11H15N3O4. The predicted molar refractivity (Wildman–Crippen MR) is 59.5 cm³/mol. The van der Waals surface area contributed by atoms with Crippen molar-refractivity contribution in [3.05, 3.63) is 12.2 Å². The molecule has 18 heavy (non-hydrogen) atoms. The quantitative estimate of drug-likeness (QED) is 0.778. The first kappa shape index (κ1) is 12.5. The summed E-state index contributed by atoms with van der Waals surface area (Å²) in [5.74, 6) is -1.51. The van der Waals surface area contributed by atoms with Gasteiger partial charge in [0.05, 0.1) is 11.8 Å². The van der Waals surface area contributed by atoms with Gasteiger partial charge in [-0.15, -0.1) is 0 Å². The number of carboxylic acids is 1. The van der Waals surface area contributed by atoms with E-state index >= 15 is 0 Å². The average molecular weight is 253 g/mol. The first-order valence-corrected chi connectivity index (χ1v) is 5.94. The predicted octanol–water partition coefficient (Wildman–Crippen LogP) is 0.229. The lowest BCUT2D eigenvalue weighted by atomic mass is 9.95. The fourth-order valence-electron chi connectivity index (χ4n) is 2.30. The molecule has 7 nitrogen and oxygen atoms in total. The fraction of sp³-hybridized carbons (Fsp3) is 0.636. The van der Waals surface area contributed by atoms with Crippen LogP contribution >= 0.6 is 0 Å². The molecule has 1 heterocycles. The third-order valence-corrected chi connectivity index (χ3v) is 3.22. The zero-order chi connectivity index (χ0) is 13.0. The summed E-state index contributed by atoms with van der Waals surface area (Å²) < 4.78 is 4.57. The maximum Gasteiger partial charge on any atom is 0.307 e. The minimum Gasteiger partial charge on any atom is -0.481 e. The molecule has 2 N–H and O–H groups in total. The maximum atomic E-state index is 11.8. The average Bonchev–Trinajstić information content (AvgIpc) is 2.99. The molecular weight excluding hydrogens is 238 g/mol. The molecule has 0 spiro atoms. The summed E-state index contributed by atoms with van der Waals surface area (Å²) in [6, 6.07) is 0. The highest BCUT2D eigenvalue weighted by Crippen LogP contribution is 2.31. The molecule has 1 aromatic heterocycles. The van der Waals surface area contributed by atoms with Gasteiger partial charge in [0.2, 0.25) is 12.3 Å². The summed E-state index contributed by atoms with van der Waals surface area (Å²) in [4.78, 5) is 26.6. The molecule has 2 rings (SSSR count). The van der Waals surface area contributed by atoms with Gasteiger partial charge in [-0.3, -0.25) is 9.59 Å². The van der Waals surface area contributed by atoms with Gasteiger partial charge in [0, 0.05) is 13.0 Å². The zero-order valence-corrected chi connectivity index (χ0v) is 9.83. The van der Waals surface area contributed by atoms with E-state index in [1.807, 2.05) is 0 Å². The molecule has 1 amide bonds. The second kappa shape index (κ2) is 5.61. The van der Waals surface area contributed by atoms with E-state index in [1.165, 1.54) is 6.39 Å². The highest BCUT2D eigenvalue weighted by molar-refractivity contribution is 5.85. The lowest BCUT2D eigenvalue weighted by Crippen LogP contribution is -2.36. The van der Waals surface area contributed by atoms with Crippen molar-refractivity contribution in [1.82, 2.24) is 15.5 Å². The first-order valence-electron chi connectivity index (χ1n) is 5.94. The van der Waals surface area contributed by atoms with Crippen LogP contribution in [0, 0.1) is 11.8 Å². The Labute approximate surface area is 104 Å². The van der Waals surface area contributed by atoms with Crippen LogP contribution in [0.2, 0.25) is 0 Å². The minimum atomic E-state index is -0.884. The fourth-order valence-corrected chi connectivity index (χ4v) is 2.30. The van der Waals surface area contributed by atoms with Crippen LogP contribution in [0.25, 0.3) is 0 Å². The molecule has 7 heteroatoms. The first-order chi connectivity index (χ1) is 8.68. The lowest BCUT2D eigenvalue weighted by Gasteiger charge is -2.15. The summed E-state index contributed by atoms with van der Waals surface area (Å²) in [6.45, 7) is 0.390. The third kappa shape index (κ3) is 2.85. The Morgan fingerprint density at radius 2 is 2.22 bits per heavy atom. The Balaban J connectivity index is 1.79. The van der Waals surface area contributed by atoms with Crippen molar-refractivity contribution in [2.75, 3.05) is 6.54 Å². The number of carbonyl (C=O) groups is 2.